The summed E-state index contributed by atoms with van der Waals surface area (Å²) in [6.45, 7) is 5.98. The third-order valence-electron chi connectivity index (χ3n) is 2.27. The highest BCUT2D eigenvalue weighted by Gasteiger charge is 2.07. The highest BCUT2D eigenvalue weighted by Crippen LogP contribution is 2.20. The molecule has 0 unspecified atom stereocenters. The fourth-order valence-corrected chi connectivity index (χ4v) is 1.52. The van der Waals surface area contributed by atoms with Crippen LogP contribution in [0.25, 0.3) is 0 Å². The zero-order chi connectivity index (χ0) is 12.7. The lowest BCUT2D eigenvalue weighted by molar-refractivity contribution is -0.384. The number of benzene rings is 1. The number of anilines is 1. The van der Waals surface area contributed by atoms with Gasteiger partial charge in [-0.2, -0.15) is 0 Å². The summed E-state index contributed by atoms with van der Waals surface area (Å²) in [6.07, 6.45) is 0.885. The maximum absolute atomic E-state index is 10.7. The van der Waals surface area contributed by atoms with Crippen LogP contribution >= 0.6 is 0 Å². The van der Waals surface area contributed by atoms with Crippen molar-refractivity contribution in [2.24, 2.45) is 0 Å². The van der Waals surface area contributed by atoms with E-state index in [9.17, 15) is 10.1 Å². The second-order valence-corrected chi connectivity index (χ2v) is 3.79. The lowest BCUT2D eigenvalue weighted by atomic mass is 10.2. The summed E-state index contributed by atoms with van der Waals surface area (Å²) in [5, 5.41) is 13.8. The topological polar surface area (TPSA) is 64.4 Å². The lowest BCUT2D eigenvalue weighted by Crippen LogP contribution is -2.06. The van der Waals surface area contributed by atoms with Gasteiger partial charge in [0.25, 0.3) is 5.69 Å². The molecule has 5 heteroatoms. The second kappa shape index (κ2) is 6.85. The molecule has 0 amide bonds. The van der Waals surface area contributed by atoms with E-state index in [1.54, 1.807) is 12.1 Å². The van der Waals surface area contributed by atoms with Gasteiger partial charge in [0, 0.05) is 37.6 Å². The molecule has 0 bridgehead atoms. The predicted octanol–water partition coefficient (Wildman–Crippen LogP) is 2.74. The van der Waals surface area contributed by atoms with Crippen LogP contribution in [0.5, 0.6) is 0 Å². The Labute approximate surface area is 101 Å². The van der Waals surface area contributed by atoms with Crippen LogP contribution in [0.3, 0.4) is 0 Å². The van der Waals surface area contributed by atoms with Crippen molar-refractivity contribution >= 4 is 11.4 Å². The van der Waals surface area contributed by atoms with Gasteiger partial charge >= 0.3 is 0 Å². The Bertz CT molecular complexity index is 380. The summed E-state index contributed by atoms with van der Waals surface area (Å²) >= 11 is 0. The van der Waals surface area contributed by atoms with Crippen molar-refractivity contribution in [2.45, 2.75) is 20.3 Å². The van der Waals surface area contributed by atoms with Crippen molar-refractivity contribution < 1.29 is 9.66 Å². The van der Waals surface area contributed by atoms with E-state index in [0.29, 0.717) is 6.61 Å². The molecule has 0 spiro atoms. The van der Waals surface area contributed by atoms with Gasteiger partial charge in [-0.05, 0) is 31.9 Å². The molecule has 0 heterocycles. The molecule has 0 aliphatic heterocycles. The SMILES string of the molecule is CCOCCCNc1cc(C)cc([N+](=O)[O-])c1. The number of hydrogen-bond acceptors (Lipinski definition) is 4. The number of nitro groups is 1. The molecule has 0 fully saturated rings. The van der Waals surface area contributed by atoms with Gasteiger partial charge in [-0.3, -0.25) is 10.1 Å². The first-order chi connectivity index (χ1) is 8.13. The lowest BCUT2D eigenvalue weighted by Gasteiger charge is -2.07. The first kappa shape index (κ1) is 13.4. The van der Waals surface area contributed by atoms with Crippen LogP contribution < -0.4 is 5.32 Å². The molecule has 0 saturated carbocycles. The fraction of sp³-hybridized carbons (Fsp3) is 0.500. The first-order valence-electron chi connectivity index (χ1n) is 5.71. The molecule has 1 rings (SSSR count). The highest BCUT2D eigenvalue weighted by molar-refractivity contribution is 5.53. The zero-order valence-electron chi connectivity index (χ0n) is 10.2. The molecule has 1 aromatic carbocycles. The minimum absolute atomic E-state index is 0.123. The average molecular weight is 238 g/mol. The molecule has 94 valence electrons. The van der Waals surface area contributed by atoms with E-state index in [2.05, 4.69) is 5.32 Å². The minimum atomic E-state index is -0.377. The van der Waals surface area contributed by atoms with E-state index in [0.717, 1.165) is 30.8 Å². The van der Waals surface area contributed by atoms with Crippen molar-refractivity contribution in [1.29, 1.82) is 0 Å². The van der Waals surface area contributed by atoms with Crippen LogP contribution in [-0.4, -0.2) is 24.7 Å². The van der Waals surface area contributed by atoms with Crippen LogP contribution in [0.2, 0.25) is 0 Å². The maximum atomic E-state index is 10.7. The van der Waals surface area contributed by atoms with Crippen molar-refractivity contribution in [3.05, 3.63) is 33.9 Å². The van der Waals surface area contributed by atoms with E-state index in [4.69, 9.17) is 4.74 Å². The molecule has 1 N–H and O–H groups in total. The van der Waals surface area contributed by atoms with Crippen LogP contribution in [0.4, 0.5) is 11.4 Å². The smallest absolute Gasteiger partial charge is 0.271 e. The van der Waals surface area contributed by atoms with Gasteiger partial charge < -0.3 is 10.1 Å². The number of rotatable bonds is 7. The van der Waals surface area contributed by atoms with E-state index in [1.807, 2.05) is 19.9 Å². The Morgan fingerprint density at radius 2 is 2.18 bits per heavy atom. The summed E-state index contributed by atoms with van der Waals surface area (Å²) in [7, 11) is 0. The number of nitrogens with one attached hydrogen (secondary N) is 1. The van der Waals surface area contributed by atoms with Crippen molar-refractivity contribution in [3.8, 4) is 0 Å². The quantitative estimate of drug-likeness (QED) is 0.450. The molecule has 0 radical (unpaired) electrons. The number of ether oxygens (including phenoxy) is 1. The predicted molar refractivity (Wildman–Crippen MR) is 67.4 cm³/mol. The van der Waals surface area contributed by atoms with Crippen LogP contribution in [-0.2, 0) is 4.74 Å². The molecule has 1 aromatic rings. The number of hydrogen-bond donors (Lipinski definition) is 1. The summed E-state index contributed by atoms with van der Waals surface area (Å²) in [6, 6.07) is 5.01. The highest BCUT2D eigenvalue weighted by atomic mass is 16.6. The summed E-state index contributed by atoms with van der Waals surface area (Å²) < 4.78 is 5.21. The number of non-ortho nitro benzene ring substituents is 1. The Balaban J connectivity index is 2.50. The van der Waals surface area contributed by atoms with Gasteiger partial charge in [0.05, 0.1) is 4.92 Å². The van der Waals surface area contributed by atoms with E-state index < -0.39 is 0 Å². The summed E-state index contributed by atoms with van der Waals surface area (Å²) in [5.41, 5.74) is 1.79. The summed E-state index contributed by atoms with van der Waals surface area (Å²) in [4.78, 5) is 10.3. The third kappa shape index (κ3) is 4.82. The fourth-order valence-electron chi connectivity index (χ4n) is 1.52. The first-order valence-corrected chi connectivity index (χ1v) is 5.71. The Hall–Kier alpha value is -1.62. The molecular weight excluding hydrogens is 220 g/mol. The van der Waals surface area contributed by atoms with Crippen LogP contribution in [0.15, 0.2) is 18.2 Å². The summed E-state index contributed by atoms with van der Waals surface area (Å²) in [5.74, 6) is 0. The monoisotopic (exact) mass is 238 g/mol. The van der Waals surface area contributed by atoms with Crippen molar-refractivity contribution in [1.82, 2.24) is 0 Å². The van der Waals surface area contributed by atoms with Crippen molar-refractivity contribution in [2.75, 3.05) is 25.1 Å². The van der Waals surface area contributed by atoms with Gasteiger partial charge in [0.1, 0.15) is 0 Å². The van der Waals surface area contributed by atoms with E-state index in [-0.39, 0.29) is 10.6 Å². The Morgan fingerprint density at radius 1 is 1.41 bits per heavy atom. The second-order valence-electron chi connectivity index (χ2n) is 3.79. The van der Waals surface area contributed by atoms with Gasteiger partial charge in [-0.15, -0.1) is 0 Å². The Morgan fingerprint density at radius 3 is 2.82 bits per heavy atom. The molecule has 0 aromatic heterocycles. The number of nitro benzene ring substituents is 1. The van der Waals surface area contributed by atoms with Crippen molar-refractivity contribution in [3.63, 3.8) is 0 Å². The maximum Gasteiger partial charge on any atom is 0.271 e. The van der Waals surface area contributed by atoms with E-state index in [1.165, 1.54) is 0 Å². The molecule has 17 heavy (non-hydrogen) atoms. The number of aryl methyl sites for hydroxylation is 1. The van der Waals surface area contributed by atoms with Gasteiger partial charge in [-0.25, -0.2) is 0 Å². The molecule has 0 aliphatic carbocycles. The largest absolute Gasteiger partial charge is 0.385 e. The molecule has 0 saturated heterocycles. The van der Waals surface area contributed by atoms with Gasteiger partial charge in [0.2, 0.25) is 0 Å². The minimum Gasteiger partial charge on any atom is -0.385 e. The normalized spacial score (nSPS) is 10.2. The standard InChI is InChI=1S/C12H18N2O3/c1-3-17-6-4-5-13-11-7-10(2)8-12(9-11)14(15)16/h7-9,13H,3-6H2,1-2H3. The molecule has 0 atom stereocenters. The molecular formula is C12H18N2O3. The zero-order valence-corrected chi connectivity index (χ0v) is 10.2. The van der Waals surface area contributed by atoms with Crippen LogP contribution in [0.1, 0.15) is 18.9 Å². The molecule has 0 aliphatic rings. The van der Waals surface area contributed by atoms with Gasteiger partial charge in [-0.1, -0.05) is 0 Å². The average Bonchev–Trinajstić information content (AvgIpc) is 2.28. The van der Waals surface area contributed by atoms with Crippen LogP contribution in [0, 0.1) is 17.0 Å². The Kier molecular flexibility index (Phi) is 5.42. The molecule has 5 nitrogen and oxygen atoms in total. The van der Waals surface area contributed by atoms with Gasteiger partial charge in [0.15, 0.2) is 0 Å². The number of nitrogens with zero attached hydrogens (tertiary/aromatic N) is 1. The third-order valence-corrected chi connectivity index (χ3v) is 2.27. The van der Waals surface area contributed by atoms with E-state index >= 15 is 0 Å².